The van der Waals surface area contributed by atoms with Gasteiger partial charge in [-0.25, -0.2) is 9.97 Å². The first-order valence-corrected chi connectivity index (χ1v) is 11.9. The van der Waals surface area contributed by atoms with Gasteiger partial charge in [0.25, 0.3) is 0 Å². The summed E-state index contributed by atoms with van der Waals surface area (Å²) in [4.78, 5) is 10.9. The molecule has 6 nitrogen and oxygen atoms in total. The first-order chi connectivity index (χ1) is 17.9. The number of benzene rings is 4. The summed E-state index contributed by atoms with van der Waals surface area (Å²) in [6.45, 7) is 0. The summed E-state index contributed by atoms with van der Waals surface area (Å²) in [6, 6.07) is 30.5. The minimum absolute atomic E-state index is 1.06. The zero-order chi connectivity index (χ0) is 23.6. The van der Waals surface area contributed by atoms with Crippen molar-refractivity contribution in [3.05, 3.63) is 122 Å². The van der Waals surface area contributed by atoms with E-state index in [1.807, 2.05) is 40.4 Å². The largest absolute Gasteiger partial charge is 0.306 e. The molecule has 0 spiro atoms. The zero-order valence-corrected chi connectivity index (χ0v) is 19.2. The molecule has 0 unspecified atom stereocenters. The van der Waals surface area contributed by atoms with Crippen LogP contribution in [0.25, 0.3) is 38.9 Å². The third-order valence-corrected chi connectivity index (χ3v) is 7.05. The van der Waals surface area contributed by atoms with Gasteiger partial charge in [0.1, 0.15) is 0 Å². The maximum Gasteiger partial charge on any atom is 0.0991 e. The topological polar surface area (TPSA) is 43.8 Å². The number of aromatic nitrogens is 5. The Morgan fingerprint density at radius 2 is 1.25 bits per heavy atom. The van der Waals surface area contributed by atoms with Crippen molar-refractivity contribution in [2.24, 2.45) is 0 Å². The van der Waals surface area contributed by atoms with Crippen LogP contribution in [0.1, 0.15) is 0 Å². The Bertz CT molecular complexity index is 1890. The number of fused-ring (bicyclic) bond motifs is 5. The highest BCUT2D eigenvalue weighted by molar-refractivity contribution is 6.16. The van der Waals surface area contributed by atoms with Gasteiger partial charge in [-0.15, -0.1) is 0 Å². The summed E-state index contributed by atoms with van der Waals surface area (Å²) in [5.41, 5.74) is 9.07. The van der Waals surface area contributed by atoms with Gasteiger partial charge in [-0.1, -0.05) is 36.4 Å². The maximum absolute atomic E-state index is 4.26. The van der Waals surface area contributed by atoms with Crippen LogP contribution < -0.4 is 4.90 Å². The Balaban J connectivity index is 1.47. The summed E-state index contributed by atoms with van der Waals surface area (Å²) in [7, 11) is 0. The minimum atomic E-state index is 1.06. The zero-order valence-electron chi connectivity index (χ0n) is 19.2. The van der Waals surface area contributed by atoms with Crippen LogP contribution in [0.15, 0.2) is 122 Å². The number of nitrogens with zero attached hydrogens (tertiary/aromatic N) is 6. The molecule has 1 aliphatic heterocycles. The van der Waals surface area contributed by atoms with Gasteiger partial charge in [0.05, 0.1) is 40.8 Å². The van der Waals surface area contributed by atoms with E-state index in [9.17, 15) is 0 Å². The molecule has 4 heterocycles. The van der Waals surface area contributed by atoms with E-state index in [0.717, 1.165) is 34.1 Å². The van der Waals surface area contributed by atoms with Gasteiger partial charge in [0, 0.05) is 52.6 Å². The van der Waals surface area contributed by atoms with Crippen molar-refractivity contribution in [1.82, 2.24) is 23.7 Å². The fourth-order valence-corrected chi connectivity index (χ4v) is 5.50. The van der Waals surface area contributed by atoms with Crippen molar-refractivity contribution in [1.29, 1.82) is 0 Å². The quantitative estimate of drug-likeness (QED) is 0.284. The molecule has 4 aromatic carbocycles. The van der Waals surface area contributed by atoms with Crippen molar-refractivity contribution in [3.8, 4) is 17.1 Å². The molecule has 8 rings (SSSR count). The van der Waals surface area contributed by atoms with Crippen LogP contribution in [-0.2, 0) is 0 Å². The van der Waals surface area contributed by atoms with Crippen LogP contribution in [0.3, 0.4) is 0 Å². The van der Waals surface area contributed by atoms with Gasteiger partial charge in [0.15, 0.2) is 0 Å². The fraction of sp³-hybridized carbons (Fsp3) is 0. The lowest BCUT2D eigenvalue weighted by Gasteiger charge is -2.33. The fourth-order valence-electron chi connectivity index (χ4n) is 5.50. The highest BCUT2D eigenvalue weighted by Crippen LogP contribution is 2.50. The van der Waals surface area contributed by atoms with Crippen molar-refractivity contribution < 1.29 is 0 Å². The molecule has 0 atom stereocenters. The monoisotopic (exact) mass is 464 g/mol. The Kier molecular flexibility index (Phi) is 3.85. The van der Waals surface area contributed by atoms with Gasteiger partial charge >= 0.3 is 0 Å². The third kappa shape index (κ3) is 2.61. The molecule has 3 aromatic heterocycles. The second-order valence-electron chi connectivity index (χ2n) is 8.99. The average Bonchev–Trinajstić information content (AvgIpc) is 3.71. The molecule has 170 valence electrons. The number of hydrogen-bond donors (Lipinski definition) is 0. The van der Waals surface area contributed by atoms with Crippen molar-refractivity contribution in [3.63, 3.8) is 0 Å². The van der Waals surface area contributed by atoms with Crippen LogP contribution in [0.4, 0.5) is 17.1 Å². The standard InChI is InChI=1S/C30H20N6/c1-2-9-26-24(7-1)25-8-4-10-28-30(25)36(26)27-12-11-22(34-16-14-32-20-34)18-29(27)35(28)23-6-3-5-21(17-23)33-15-13-31-19-33/h1-20H. The maximum atomic E-state index is 4.26. The molecule has 6 heteroatoms. The highest BCUT2D eigenvalue weighted by atomic mass is 15.2. The van der Waals surface area contributed by atoms with Crippen molar-refractivity contribution in [2.45, 2.75) is 0 Å². The van der Waals surface area contributed by atoms with Crippen LogP contribution >= 0.6 is 0 Å². The lowest BCUT2D eigenvalue weighted by atomic mass is 10.1. The number of para-hydroxylation sites is 2. The lowest BCUT2D eigenvalue weighted by Crippen LogP contribution is -2.18. The summed E-state index contributed by atoms with van der Waals surface area (Å²) >= 11 is 0. The smallest absolute Gasteiger partial charge is 0.0991 e. The van der Waals surface area contributed by atoms with Crippen LogP contribution in [0.5, 0.6) is 0 Å². The molecular formula is C30H20N6. The number of rotatable bonds is 3. The second-order valence-corrected chi connectivity index (χ2v) is 8.99. The molecular weight excluding hydrogens is 444 g/mol. The second kappa shape index (κ2) is 7.20. The van der Waals surface area contributed by atoms with Crippen molar-refractivity contribution >= 4 is 38.9 Å². The third-order valence-electron chi connectivity index (χ3n) is 7.05. The van der Waals surface area contributed by atoms with E-state index < -0.39 is 0 Å². The molecule has 0 saturated carbocycles. The van der Waals surface area contributed by atoms with Crippen LogP contribution in [-0.4, -0.2) is 23.7 Å². The highest BCUT2D eigenvalue weighted by Gasteiger charge is 2.29. The first kappa shape index (κ1) is 19.2. The Hall–Kier alpha value is -5.10. The number of imidazole rings is 2. The summed E-state index contributed by atoms with van der Waals surface area (Å²) in [5, 5.41) is 2.51. The SMILES string of the molecule is c1cc(N2c3cc(-n4ccnc4)ccc3-n3c4ccccc4c4cccc2c43)cc(-n2ccnc2)c1. The molecule has 0 saturated heterocycles. The molecule has 1 aliphatic rings. The van der Waals surface area contributed by atoms with E-state index in [-0.39, 0.29) is 0 Å². The van der Waals surface area contributed by atoms with E-state index in [0.29, 0.717) is 0 Å². The van der Waals surface area contributed by atoms with Gasteiger partial charge < -0.3 is 18.6 Å². The summed E-state index contributed by atoms with van der Waals surface area (Å²) in [6.07, 6.45) is 11.2. The van der Waals surface area contributed by atoms with Crippen LogP contribution in [0, 0.1) is 0 Å². The molecule has 0 fully saturated rings. The number of anilines is 3. The predicted octanol–water partition coefficient (Wildman–Crippen LogP) is 6.94. The average molecular weight is 465 g/mol. The molecule has 0 bridgehead atoms. The van der Waals surface area contributed by atoms with E-state index in [1.54, 1.807) is 6.20 Å². The van der Waals surface area contributed by atoms with Gasteiger partial charge in [-0.3, -0.25) is 0 Å². The summed E-state index contributed by atoms with van der Waals surface area (Å²) in [5.74, 6) is 0. The number of hydrogen-bond acceptors (Lipinski definition) is 3. The lowest BCUT2D eigenvalue weighted by molar-refractivity contribution is 1.04. The van der Waals surface area contributed by atoms with E-state index in [4.69, 9.17) is 0 Å². The van der Waals surface area contributed by atoms with E-state index in [2.05, 4.69) is 104 Å². The predicted molar refractivity (Wildman–Crippen MR) is 143 cm³/mol. The van der Waals surface area contributed by atoms with Crippen LogP contribution in [0.2, 0.25) is 0 Å². The van der Waals surface area contributed by atoms with E-state index >= 15 is 0 Å². The minimum Gasteiger partial charge on any atom is -0.306 e. The molecule has 7 aromatic rings. The molecule has 0 aliphatic carbocycles. The Morgan fingerprint density at radius 1 is 0.528 bits per heavy atom. The molecule has 36 heavy (non-hydrogen) atoms. The normalized spacial score (nSPS) is 12.4. The van der Waals surface area contributed by atoms with E-state index in [1.165, 1.54) is 21.8 Å². The van der Waals surface area contributed by atoms with Crippen molar-refractivity contribution in [2.75, 3.05) is 4.90 Å². The molecule has 0 N–H and O–H groups in total. The van der Waals surface area contributed by atoms with Gasteiger partial charge in [-0.2, -0.15) is 0 Å². The van der Waals surface area contributed by atoms with Gasteiger partial charge in [0.2, 0.25) is 0 Å². The Labute approximate surface area is 206 Å². The molecule has 0 amide bonds. The van der Waals surface area contributed by atoms with Gasteiger partial charge in [-0.05, 0) is 48.5 Å². The summed E-state index contributed by atoms with van der Waals surface area (Å²) < 4.78 is 6.49. The first-order valence-electron chi connectivity index (χ1n) is 11.9. The molecule has 0 radical (unpaired) electrons. The Morgan fingerprint density at radius 3 is 2.06 bits per heavy atom.